The van der Waals surface area contributed by atoms with Gasteiger partial charge in [-0.15, -0.1) is 0 Å². The van der Waals surface area contributed by atoms with E-state index in [0.717, 1.165) is 22.6 Å². The van der Waals surface area contributed by atoms with E-state index >= 15 is 0 Å². The molecule has 2 heterocycles. The summed E-state index contributed by atoms with van der Waals surface area (Å²) < 4.78 is 0. The first-order valence-corrected chi connectivity index (χ1v) is 10.3. The minimum atomic E-state index is -0.0751. The zero-order valence-corrected chi connectivity index (χ0v) is 17.0. The number of piperidine rings is 1. The number of anilines is 1. The van der Waals surface area contributed by atoms with Gasteiger partial charge in [-0.2, -0.15) is 0 Å². The van der Waals surface area contributed by atoms with Gasteiger partial charge in [0.2, 0.25) is 5.91 Å². The first kappa shape index (κ1) is 19.8. The summed E-state index contributed by atoms with van der Waals surface area (Å²) in [6, 6.07) is 23.2. The number of aromatic nitrogens is 1. The predicted molar refractivity (Wildman–Crippen MR) is 118 cm³/mol. The molecule has 1 saturated heterocycles. The van der Waals surface area contributed by atoms with Crippen molar-refractivity contribution in [2.75, 3.05) is 18.4 Å². The molecule has 2 amide bonds. The van der Waals surface area contributed by atoms with Crippen LogP contribution in [0.15, 0.2) is 72.8 Å². The summed E-state index contributed by atoms with van der Waals surface area (Å²) in [6.45, 7) is 3.02. The molecule has 5 nitrogen and oxygen atoms in total. The van der Waals surface area contributed by atoms with Crippen LogP contribution in [0.1, 0.15) is 28.9 Å². The summed E-state index contributed by atoms with van der Waals surface area (Å²) in [4.78, 5) is 32.0. The van der Waals surface area contributed by atoms with Crippen LogP contribution in [0.2, 0.25) is 0 Å². The standard InChI is InChI=1S/C25H25N3O2/c1-18-22(12-13-23(26-18)19-8-4-2-5-9-19)25(30)28-16-14-20(15-17-28)24(29)27-21-10-6-3-7-11-21/h2-13,20H,14-17H2,1H3,(H,27,29). The van der Waals surface area contributed by atoms with Gasteiger partial charge in [-0.3, -0.25) is 14.6 Å². The van der Waals surface area contributed by atoms with E-state index in [1.165, 1.54) is 0 Å². The topological polar surface area (TPSA) is 62.3 Å². The van der Waals surface area contributed by atoms with Crippen LogP contribution in [-0.2, 0) is 4.79 Å². The molecule has 1 fully saturated rings. The molecule has 0 unspecified atom stereocenters. The Kier molecular flexibility index (Phi) is 5.89. The molecule has 1 aliphatic rings. The van der Waals surface area contributed by atoms with Gasteiger partial charge in [0.05, 0.1) is 17.0 Å². The van der Waals surface area contributed by atoms with E-state index in [9.17, 15) is 9.59 Å². The van der Waals surface area contributed by atoms with E-state index in [4.69, 9.17) is 0 Å². The van der Waals surface area contributed by atoms with Crippen molar-refractivity contribution in [1.29, 1.82) is 0 Å². The van der Waals surface area contributed by atoms with Crippen molar-refractivity contribution in [1.82, 2.24) is 9.88 Å². The van der Waals surface area contributed by atoms with Crippen LogP contribution >= 0.6 is 0 Å². The molecular weight excluding hydrogens is 374 g/mol. The number of nitrogens with zero attached hydrogens (tertiary/aromatic N) is 2. The molecule has 2 aromatic carbocycles. The quantitative estimate of drug-likeness (QED) is 0.700. The molecule has 0 saturated carbocycles. The fraction of sp³-hybridized carbons (Fsp3) is 0.240. The van der Waals surface area contributed by atoms with Crippen LogP contribution in [0.3, 0.4) is 0 Å². The highest BCUT2D eigenvalue weighted by atomic mass is 16.2. The van der Waals surface area contributed by atoms with E-state index < -0.39 is 0 Å². The maximum absolute atomic E-state index is 13.0. The van der Waals surface area contributed by atoms with Gasteiger partial charge in [0.1, 0.15) is 0 Å². The number of aryl methyl sites for hydroxylation is 1. The van der Waals surface area contributed by atoms with Crippen LogP contribution in [0.5, 0.6) is 0 Å². The number of para-hydroxylation sites is 1. The van der Waals surface area contributed by atoms with Crippen molar-refractivity contribution in [3.8, 4) is 11.3 Å². The van der Waals surface area contributed by atoms with Gasteiger partial charge in [-0.25, -0.2) is 0 Å². The van der Waals surface area contributed by atoms with E-state index in [0.29, 0.717) is 31.5 Å². The molecule has 30 heavy (non-hydrogen) atoms. The molecular formula is C25H25N3O2. The third-order valence-electron chi connectivity index (χ3n) is 5.58. The fourth-order valence-corrected chi connectivity index (χ4v) is 3.84. The molecule has 0 spiro atoms. The first-order valence-electron chi connectivity index (χ1n) is 10.3. The second kappa shape index (κ2) is 8.91. The molecule has 1 aliphatic heterocycles. The van der Waals surface area contributed by atoms with E-state index in [2.05, 4.69) is 10.3 Å². The van der Waals surface area contributed by atoms with Crippen molar-refractivity contribution < 1.29 is 9.59 Å². The largest absolute Gasteiger partial charge is 0.339 e. The summed E-state index contributed by atoms with van der Waals surface area (Å²) in [5, 5.41) is 2.97. The zero-order chi connectivity index (χ0) is 20.9. The number of nitrogens with one attached hydrogen (secondary N) is 1. The molecule has 5 heteroatoms. The number of benzene rings is 2. The van der Waals surface area contributed by atoms with Crippen LogP contribution in [0.4, 0.5) is 5.69 Å². The second-order valence-corrected chi connectivity index (χ2v) is 7.62. The maximum Gasteiger partial charge on any atom is 0.255 e. The Hall–Kier alpha value is -3.47. The molecule has 1 aromatic heterocycles. The minimum Gasteiger partial charge on any atom is -0.339 e. The van der Waals surface area contributed by atoms with E-state index in [1.807, 2.05) is 84.6 Å². The smallest absolute Gasteiger partial charge is 0.255 e. The predicted octanol–water partition coefficient (Wildman–Crippen LogP) is 4.55. The zero-order valence-electron chi connectivity index (χ0n) is 17.0. The van der Waals surface area contributed by atoms with Crippen LogP contribution < -0.4 is 5.32 Å². The summed E-state index contributed by atoms with van der Waals surface area (Å²) >= 11 is 0. The molecule has 1 N–H and O–H groups in total. The van der Waals surface area contributed by atoms with Crippen LogP contribution in [-0.4, -0.2) is 34.8 Å². The van der Waals surface area contributed by atoms with Gasteiger partial charge < -0.3 is 10.2 Å². The van der Waals surface area contributed by atoms with Gasteiger partial charge in [-0.05, 0) is 44.0 Å². The number of rotatable bonds is 4. The molecule has 0 aliphatic carbocycles. The monoisotopic (exact) mass is 399 g/mol. The Morgan fingerprint density at radius 1 is 0.900 bits per heavy atom. The third kappa shape index (κ3) is 4.40. The van der Waals surface area contributed by atoms with Crippen LogP contribution in [0, 0.1) is 12.8 Å². The lowest BCUT2D eigenvalue weighted by atomic mass is 9.95. The van der Waals surface area contributed by atoms with E-state index in [1.54, 1.807) is 0 Å². The lowest BCUT2D eigenvalue weighted by molar-refractivity contribution is -0.121. The normalized spacial score (nSPS) is 14.4. The van der Waals surface area contributed by atoms with Gasteiger partial charge in [-0.1, -0.05) is 48.5 Å². The summed E-state index contributed by atoms with van der Waals surface area (Å²) in [5.74, 6) is -0.0613. The Morgan fingerprint density at radius 3 is 2.17 bits per heavy atom. The number of hydrogen-bond acceptors (Lipinski definition) is 3. The highest BCUT2D eigenvalue weighted by Crippen LogP contribution is 2.23. The van der Waals surface area contributed by atoms with Gasteiger partial charge >= 0.3 is 0 Å². The molecule has 152 valence electrons. The highest BCUT2D eigenvalue weighted by Gasteiger charge is 2.28. The number of carbonyl (C=O) groups excluding carboxylic acids is 2. The number of hydrogen-bond donors (Lipinski definition) is 1. The summed E-state index contributed by atoms with van der Waals surface area (Å²) in [5.41, 5.74) is 4.05. The second-order valence-electron chi connectivity index (χ2n) is 7.62. The van der Waals surface area contributed by atoms with Gasteiger partial charge in [0.15, 0.2) is 0 Å². The van der Waals surface area contributed by atoms with Crippen LogP contribution in [0.25, 0.3) is 11.3 Å². The molecule has 3 aromatic rings. The number of pyridine rings is 1. The lowest BCUT2D eigenvalue weighted by Crippen LogP contribution is -2.41. The number of likely N-dealkylation sites (tertiary alicyclic amines) is 1. The minimum absolute atomic E-state index is 0.0125. The molecule has 4 rings (SSSR count). The Bertz CT molecular complexity index is 1030. The van der Waals surface area contributed by atoms with Crippen molar-refractivity contribution >= 4 is 17.5 Å². The highest BCUT2D eigenvalue weighted by molar-refractivity contribution is 5.96. The lowest BCUT2D eigenvalue weighted by Gasteiger charge is -2.31. The van der Waals surface area contributed by atoms with Crippen molar-refractivity contribution in [2.24, 2.45) is 5.92 Å². The molecule has 0 bridgehead atoms. The maximum atomic E-state index is 13.0. The van der Waals surface area contributed by atoms with Gasteiger partial charge in [0.25, 0.3) is 5.91 Å². The summed E-state index contributed by atoms with van der Waals surface area (Å²) in [7, 11) is 0. The Labute approximate surface area is 176 Å². The van der Waals surface area contributed by atoms with Gasteiger partial charge in [0, 0.05) is 30.3 Å². The average molecular weight is 399 g/mol. The number of carbonyl (C=O) groups is 2. The van der Waals surface area contributed by atoms with Crippen molar-refractivity contribution in [3.63, 3.8) is 0 Å². The van der Waals surface area contributed by atoms with Crippen molar-refractivity contribution in [2.45, 2.75) is 19.8 Å². The molecule has 0 radical (unpaired) electrons. The Balaban J connectivity index is 1.38. The summed E-state index contributed by atoms with van der Waals surface area (Å²) in [6.07, 6.45) is 1.33. The number of amides is 2. The first-order chi connectivity index (χ1) is 14.6. The SMILES string of the molecule is Cc1nc(-c2ccccc2)ccc1C(=O)N1CCC(C(=O)Nc2ccccc2)CC1. The van der Waals surface area contributed by atoms with E-state index in [-0.39, 0.29) is 17.7 Å². The fourth-order valence-electron chi connectivity index (χ4n) is 3.84. The third-order valence-corrected chi connectivity index (χ3v) is 5.58. The van der Waals surface area contributed by atoms with Crippen molar-refractivity contribution in [3.05, 3.63) is 84.1 Å². The Morgan fingerprint density at radius 2 is 1.53 bits per heavy atom. The average Bonchev–Trinajstić information content (AvgIpc) is 2.80. The molecule has 0 atom stereocenters.